The van der Waals surface area contributed by atoms with Gasteiger partial charge in [-0.2, -0.15) is 0 Å². The fourth-order valence-electron chi connectivity index (χ4n) is 1.49. The van der Waals surface area contributed by atoms with Gasteiger partial charge in [-0.05, 0) is 56.0 Å². The van der Waals surface area contributed by atoms with E-state index in [1.54, 1.807) is 19.1 Å². The van der Waals surface area contributed by atoms with E-state index in [1.165, 1.54) is 26.0 Å². The summed E-state index contributed by atoms with van der Waals surface area (Å²) >= 11 is 0. The van der Waals surface area contributed by atoms with Crippen molar-refractivity contribution < 1.29 is 13.2 Å². The van der Waals surface area contributed by atoms with Crippen LogP contribution in [0, 0.1) is 12.7 Å². The van der Waals surface area contributed by atoms with E-state index in [2.05, 4.69) is 0 Å². The third kappa shape index (κ3) is 4.40. The molecule has 0 fully saturated rings. The maximum Gasteiger partial charge on any atom is 0.126 e. The van der Waals surface area contributed by atoms with Gasteiger partial charge in [-0.3, -0.25) is 0 Å². The molecule has 0 aromatic heterocycles. The summed E-state index contributed by atoms with van der Waals surface area (Å²) < 4.78 is 39.7. The summed E-state index contributed by atoms with van der Waals surface area (Å²) in [5, 5.41) is 0. The monoisotopic (exact) mass is 254 g/mol. The Morgan fingerprint density at radius 1 is 1.22 bits per heavy atom. The number of rotatable bonds is 4. The molecule has 3 heteroatoms. The summed E-state index contributed by atoms with van der Waals surface area (Å²) in [6.45, 7) is 4.62. The van der Waals surface area contributed by atoms with Crippen LogP contribution in [0.25, 0.3) is 0 Å². The van der Waals surface area contributed by atoms with E-state index < -0.39 is 5.83 Å². The smallest absolute Gasteiger partial charge is 0.126 e. The van der Waals surface area contributed by atoms with E-state index >= 15 is 0 Å². The Labute approximate surface area is 106 Å². The Kier molecular flexibility index (Phi) is 5.20. The average molecular weight is 254 g/mol. The number of aryl methyl sites for hydroxylation is 1. The molecule has 1 rings (SSSR count). The van der Waals surface area contributed by atoms with Gasteiger partial charge in [0.25, 0.3) is 0 Å². The molecule has 98 valence electrons. The van der Waals surface area contributed by atoms with Crippen LogP contribution < -0.4 is 0 Å². The first-order valence-corrected chi connectivity index (χ1v) is 5.81. The second kappa shape index (κ2) is 6.43. The number of hydrogen-bond donors (Lipinski definition) is 0. The van der Waals surface area contributed by atoms with Crippen LogP contribution in [0.1, 0.15) is 31.4 Å². The van der Waals surface area contributed by atoms with E-state index in [-0.39, 0.29) is 24.5 Å². The van der Waals surface area contributed by atoms with Crippen molar-refractivity contribution in [1.82, 2.24) is 0 Å². The van der Waals surface area contributed by atoms with Crippen LogP contribution >= 0.6 is 0 Å². The van der Waals surface area contributed by atoms with Crippen LogP contribution in [0.5, 0.6) is 0 Å². The quantitative estimate of drug-likeness (QED) is 0.694. The highest BCUT2D eigenvalue weighted by molar-refractivity contribution is 5.25. The minimum Gasteiger partial charge on any atom is -0.212 e. The van der Waals surface area contributed by atoms with E-state index in [0.29, 0.717) is 11.1 Å². The third-order valence-corrected chi connectivity index (χ3v) is 2.77. The Morgan fingerprint density at radius 2 is 1.89 bits per heavy atom. The summed E-state index contributed by atoms with van der Waals surface area (Å²) in [5.41, 5.74) is 1.62. The number of hydrogen-bond acceptors (Lipinski definition) is 0. The van der Waals surface area contributed by atoms with Gasteiger partial charge in [0.15, 0.2) is 0 Å². The molecular formula is C15H17F3. The zero-order valence-electron chi connectivity index (χ0n) is 10.9. The molecule has 0 bridgehead atoms. The molecule has 1 aromatic rings. The lowest BCUT2D eigenvalue weighted by atomic mass is 10.1. The summed E-state index contributed by atoms with van der Waals surface area (Å²) in [6, 6.07) is 4.83. The highest BCUT2D eigenvalue weighted by Crippen LogP contribution is 2.18. The molecule has 0 saturated heterocycles. The highest BCUT2D eigenvalue weighted by atomic mass is 19.1. The minimum absolute atomic E-state index is 0.0597. The van der Waals surface area contributed by atoms with Gasteiger partial charge in [-0.1, -0.05) is 12.1 Å². The summed E-state index contributed by atoms with van der Waals surface area (Å²) in [7, 11) is 0. The summed E-state index contributed by atoms with van der Waals surface area (Å²) in [5.74, 6) is -1.16. The van der Waals surface area contributed by atoms with Gasteiger partial charge >= 0.3 is 0 Å². The summed E-state index contributed by atoms with van der Waals surface area (Å²) in [4.78, 5) is 0. The Hall–Kier alpha value is -1.51. The van der Waals surface area contributed by atoms with Crippen LogP contribution in [-0.4, -0.2) is 0 Å². The second-order valence-corrected chi connectivity index (χ2v) is 4.44. The largest absolute Gasteiger partial charge is 0.212 e. The maximum absolute atomic E-state index is 13.5. The summed E-state index contributed by atoms with van der Waals surface area (Å²) in [6.07, 6.45) is 1.41. The molecule has 0 atom stereocenters. The molecule has 0 aliphatic carbocycles. The topological polar surface area (TPSA) is 0 Å². The molecule has 0 nitrogen and oxygen atoms in total. The van der Waals surface area contributed by atoms with E-state index in [9.17, 15) is 13.2 Å². The van der Waals surface area contributed by atoms with Crippen molar-refractivity contribution in [2.45, 2.75) is 33.6 Å². The van der Waals surface area contributed by atoms with Gasteiger partial charge in [0, 0.05) is 6.42 Å². The molecule has 0 aliphatic heterocycles. The fourth-order valence-corrected chi connectivity index (χ4v) is 1.49. The maximum atomic E-state index is 13.5. The predicted molar refractivity (Wildman–Crippen MR) is 68.1 cm³/mol. The average Bonchev–Trinajstić information content (AvgIpc) is 2.27. The molecule has 1 aromatic carbocycles. The standard InChI is InChI=1S/C15H17F3/c1-10-4-5-13(15(18)8-10)6-7-14(17)9-11(2)12(3)16/h4-5,7-8H,6,9H2,1-3H3/b12-11+,14-7+. The van der Waals surface area contributed by atoms with Crippen molar-refractivity contribution in [2.75, 3.05) is 0 Å². The Morgan fingerprint density at radius 3 is 2.44 bits per heavy atom. The van der Waals surface area contributed by atoms with Gasteiger partial charge in [-0.25, -0.2) is 13.2 Å². The van der Waals surface area contributed by atoms with E-state index in [4.69, 9.17) is 0 Å². The first kappa shape index (κ1) is 14.6. The molecule has 0 N–H and O–H groups in total. The third-order valence-electron chi connectivity index (χ3n) is 2.77. The molecule has 0 amide bonds. The molecule has 0 radical (unpaired) electrons. The van der Waals surface area contributed by atoms with Gasteiger partial charge in [-0.15, -0.1) is 0 Å². The van der Waals surface area contributed by atoms with Crippen molar-refractivity contribution >= 4 is 0 Å². The fraction of sp³-hybridized carbons (Fsp3) is 0.333. The van der Waals surface area contributed by atoms with Crippen molar-refractivity contribution in [3.05, 3.63) is 58.4 Å². The molecule has 0 heterocycles. The lowest BCUT2D eigenvalue weighted by molar-refractivity contribution is 0.579. The van der Waals surface area contributed by atoms with Crippen molar-refractivity contribution in [3.63, 3.8) is 0 Å². The highest BCUT2D eigenvalue weighted by Gasteiger charge is 2.04. The molecule has 0 unspecified atom stereocenters. The zero-order valence-corrected chi connectivity index (χ0v) is 10.9. The van der Waals surface area contributed by atoms with Crippen molar-refractivity contribution in [2.24, 2.45) is 0 Å². The molecule has 0 saturated carbocycles. The van der Waals surface area contributed by atoms with Crippen LogP contribution in [-0.2, 0) is 6.42 Å². The van der Waals surface area contributed by atoms with Crippen LogP contribution in [0.15, 0.2) is 41.5 Å². The Bertz CT molecular complexity index is 481. The molecule has 0 aliphatic rings. The van der Waals surface area contributed by atoms with Crippen molar-refractivity contribution in [3.8, 4) is 0 Å². The lowest BCUT2D eigenvalue weighted by Gasteiger charge is -2.02. The number of benzene rings is 1. The molecule has 18 heavy (non-hydrogen) atoms. The van der Waals surface area contributed by atoms with Crippen LogP contribution in [0.2, 0.25) is 0 Å². The first-order chi connectivity index (χ1) is 8.40. The second-order valence-electron chi connectivity index (χ2n) is 4.44. The van der Waals surface area contributed by atoms with Gasteiger partial charge in [0.1, 0.15) is 11.6 Å². The number of allylic oxidation sites excluding steroid dienone is 4. The minimum atomic E-state index is -0.440. The predicted octanol–water partition coefficient (Wildman–Crippen LogP) is 5.18. The van der Waals surface area contributed by atoms with Crippen molar-refractivity contribution in [1.29, 1.82) is 0 Å². The van der Waals surface area contributed by atoms with E-state index in [1.807, 2.05) is 0 Å². The SMILES string of the molecule is C/C(F)=C(/C)C/C(F)=C\Cc1ccc(C)cc1F. The number of halogens is 3. The Balaban J connectivity index is 2.71. The normalized spacial score (nSPS) is 13.6. The molecule has 0 spiro atoms. The van der Waals surface area contributed by atoms with Gasteiger partial charge in [0.2, 0.25) is 0 Å². The van der Waals surface area contributed by atoms with Gasteiger partial charge in [0.05, 0.1) is 5.83 Å². The van der Waals surface area contributed by atoms with E-state index in [0.717, 1.165) is 5.56 Å². The molecular weight excluding hydrogens is 237 g/mol. The van der Waals surface area contributed by atoms with Gasteiger partial charge < -0.3 is 0 Å². The van der Waals surface area contributed by atoms with Crippen LogP contribution in [0.3, 0.4) is 0 Å². The zero-order chi connectivity index (χ0) is 13.7. The van der Waals surface area contributed by atoms with Crippen LogP contribution in [0.4, 0.5) is 13.2 Å². The first-order valence-electron chi connectivity index (χ1n) is 5.81. The lowest BCUT2D eigenvalue weighted by Crippen LogP contribution is -1.90.